The number of hydrogen-bond acceptors (Lipinski definition) is 2. The fraction of sp³-hybridized carbons (Fsp3) is 0.600. The highest BCUT2D eigenvalue weighted by Gasteiger charge is 2.39. The van der Waals surface area contributed by atoms with Crippen LogP contribution >= 0.6 is 0 Å². The van der Waals surface area contributed by atoms with Gasteiger partial charge in [-0.3, -0.25) is 0 Å². The first kappa shape index (κ1) is 12.6. The minimum absolute atomic E-state index is 0.174. The molecule has 0 aromatic heterocycles. The first-order valence-electron chi connectivity index (χ1n) is 6.59. The Morgan fingerprint density at radius 1 is 1.24 bits per heavy atom. The van der Waals surface area contributed by atoms with Gasteiger partial charge in [0.1, 0.15) is 0 Å². The van der Waals surface area contributed by atoms with Gasteiger partial charge in [-0.15, -0.1) is 0 Å². The first-order valence-corrected chi connectivity index (χ1v) is 6.59. The lowest BCUT2D eigenvalue weighted by molar-refractivity contribution is -0.0665. The van der Waals surface area contributed by atoms with Crippen LogP contribution in [0.15, 0.2) is 24.3 Å². The molecule has 0 saturated carbocycles. The lowest BCUT2D eigenvalue weighted by Crippen LogP contribution is -2.46. The zero-order valence-electron chi connectivity index (χ0n) is 10.6. The Morgan fingerprint density at radius 2 is 1.94 bits per heavy atom. The van der Waals surface area contributed by atoms with Crippen molar-refractivity contribution in [3.63, 3.8) is 0 Å². The van der Waals surface area contributed by atoms with Crippen LogP contribution in [-0.2, 0) is 16.6 Å². The second-order valence-corrected chi connectivity index (χ2v) is 5.05. The van der Waals surface area contributed by atoms with Gasteiger partial charge in [0.2, 0.25) is 0 Å². The zero-order chi connectivity index (χ0) is 12.1. The molecule has 2 heteroatoms. The SMILES string of the molecule is CCCc1ccc(C2(CCCO)COC2)cc1. The highest BCUT2D eigenvalue weighted by molar-refractivity contribution is 5.31. The quantitative estimate of drug-likeness (QED) is 0.820. The third kappa shape index (κ3) is 2.70. The molecule has 0 amide bonds. The molecular weight excluding hydrogens is 212 g/mol. The second-order valence-electron chi connectivity index (χ2n) is 5.05. The molecule has 1 heterocycles. The Hall–Kier alpha value is -0.860. The van der Waals surface area contributed by atoms with Crippen LogP contribution in [0.5, 0.6) is 0 Å². The van der Waals surface area contributed by atoms with Crippen molar-refractivity contribution >= 4 is 0 Å². The van der Waals surface area contributed by atoms with E-state index >= 15 is 0 Å². The van der Waals surface area contributed by atoms with Crippen LogP contribution < -0.4 is 0 Å². The van der Waals surface area contributed by atoms with Gasteiger partial charge in [0, 0.05) is 12.0 Å². The first-order chi connectivity index (χ1) is 8.30. The standard InChI is InChI=1S/C15H22O2/c1-2-4-13-5-7-14(8-6-13)15(9-3-10-16)11-17-12-15/h5-8,16H,2-4,9-12H2,1H3. The Morgan fingerprint density at radius 3 is 2.41 bits per heavy atom. The summed E-state index contributed by atoms with van der Waals surface area (Å²) in [4.78, 5) is 0. The van der Waals surface area contributed by atoms with Crippen LogP contribution in [0.4, 0.5) is 0 Å². The summed E-state index contributed by atoms with van der Waals surface area (Å²) in [6.07, 6.45) is 4.23. The van der Waals surface area contributed by atoms with Crippen molar-refractivity contribution < 1.29 is 9.84 Å². The lowest BCUT2D eigenvalue weighted by atomic mass is 9.75. The average molecular weight is 234 g/mol. The van der Waals surface area contributed by atoms with E-state index in [0.717, 1.165) is 32.5 Å². The van der Waals surface area contributed by atoms with Crippen molar-refractivity contribution in [2.24, 2.45) is 0 Å². The molecule has 0 atom stereocenters. The smallest absolute Gasteiger partial charge is 0.0585 e. The van der Waals surface area contributed by atoms with E-state index in [0.29, 0.717) is 0 Å². The molecule has 1 fully saturated rings. The van der Waals surface area contributed by atoms with E-state index in [1.54, 1.807) is 0 Å². The number of aliphatic hydroxyl groups is 1. The molecule has 1 saturated heterocycles. The summed E-state index contributed by atoms with van der Waals surface area (Å²) in [5, 5.41) is 8.97. The van der Waals surface area contributed by atoms with Crippen LogP contribution in [0.25, 0.3) is 0 Å². The molecule has 0 aliphatic carbocycles. The van der Waals surface area contributed by atoms with E-state index in [2.05, 4.69) is 31.2 Å². The molecule has 94 valence electrons. The molecule has 2 rings (SSSR count). The molecule has 0 unspecified atom stereocenters. The average Bonchev–Trinajstić information content (AvgIpc) is 2.30. The van der Waals surface area contributed by atoms with Gasteiger partial charge in [-0.05, 0) is 30.4 Å². The topological polar surface area (TPSA) is 29.5 Å². The summed E-state index contributed by atoms with van der Waals surface area (Å²) in [5.74, 6) is 0. The Kier molecular flexibility index (Phi) is 4.19. The number of hydrogen-bond donors (Lipinski definition) is 1. The van der Waals surface area contributed by atoms with Gasteiger partial charge in [-0.25, -0.2) is 0 Å². The molecule has 0 bridgehead atoms. The third-order valence-corrected chi connectivity index (χ3v) is 3.68. The number of benzene rings is 1. The monoisotopic (exact) mass is 234 g/mol. The summed E-state index contributed by atoms with van der Waals surface area (Å²) in [6.45, 7) is 4.09. The van der Waals surface area contributed by atoms with Crippen molar-refractivity contribution in [2.45, 2.75) is 38.0 Å². The van der Waals surface area contributed by atoms with Gasteiger partial charge in [0.25, 0.3) is 0 Å². The van der Waals surface area contributed by atoms with Gasteiger partial charge in [-0.1, -0.05) is 37.6 Å². The second kappa shape index (κ2) is 5.65. The van der Waals surface area contributed by atoms with E-state index < -0.39 is 0 Å². The maximum absolute atomic E-state index is 8.97. The molecule has 1 aromatic rings. The molecule has 1 aliphatic heterocycles. The van der Waals surface area contributed by atoms with E-state index in [1.807, 2.05) is 0 Å². The predicted molar refractivity (Wildman–Crippen MR) is 69.3 cm³/mol. The van der Waals surface area contributed by atoms with Crippen molar-refractivity contribution in [1.29, 1.82) is 0 Å². The highest BCUT2D eigenvalue weighted by atomic mass is 16.5. The third-order valence-electron chi connectivity index (χ3n) is 3.68. The van der Waals surface area contributed by atoms with Crippen LogP contribution in [0.2, 0.25) is 0 Å². The Balaban J connectivity index is 2.08. The Bertz CT molecular complexity index is 338. The normalized spacial score (nSPS) is 17.8. The van der Waals surface area contributed by atoms with Crippen LogP contribution in [0.3, 0.4) is 0 Å². The molecule has 17 heavy (non-hydrogen) atoms. The van der Waals surface area contributed by atoms with Crippen LogP contribution in [0.1, 0.15) is 37.3 Å². The maximum atomic E-state index is 8.97. The summed E-state index contributed by atoms with van der Waals surface area (Å²) in [6, 6.07) is 8.95. The molecule has 1 aliphatic rings. The summed E-state index contributed by atoms with van der Waals surface area (Å²) in [7, 11) is 0. The largest absolute Gasteiger partial charge is 0.396 e. The molecule has 1 aromatic carbocycles. The number of ether oxygens (including phenoxy) is 1. The number of rotatable bonds is 6. The zero-order valence-corrected chi connectivity index (χ0v) is 10.6. The maximum Gasteiger partial charge on any atom is 0.0585 e. The predicted octanol–water partition coefficient (Wildman–Crippen LogP) is 2.68. The van der Waals surface area contributed by atoms with Crippen LogP contribution in [0, 0.1) is 0 Å². The summed E-state index contributed by atoms with van der Waals surface area (Å²) >= 11 is 0. The molecular formula is C15H22O2. The van der Waals surface area contributed by atoms with Crippen LogP contribution in [-0.4, -0.2) is 24.9 Å². The van der Waals surface area contributed by atoms with E-state index in [9.17, 15) is 0 Å². The number of aliphatic hydroxyl groups excluding tert-OH is 1. The number of aryl methyl sites for hydroxylation is 1. The summed E-state index contributed by atoms with van der Waals surface area (Å²) < 4.78 is 5.39. The van der Waals surface area contributed by atoms with Crippen molar-refractivity contribution in [2.75, 3.05) is 19.8 Å². The van der Waals surface area contributed by atoms with Gasteiger partial charge >= 0.3 is 0 Å². The van der Waals surface area contributed by atoms with E-state index in [4.69, 9.17) is 9.84 Å². The molecule has 2 nitrogen and oxygen atoms in total. The van der Waals surface area contributed by atoms with Gasteiger partial charge in [-0.2, -0.15) is 0 Å². The van der Waals surface area contributed by atoms with E-state index in [1.165, 1.54) is 17.5 Å². The van der Waals surface area contributed by atoms with Crippen molar-refractivity contribution in [3.05, 3.63) is 35.4 Å². The molecule has 0 radical (unpaired) electrons. The van der Waals surface area contributed by atoms with Crippen molar-refractivity contribution in [3.8, 4) is 0 Å². The van der Waals surface area contributed by atoms with E-state index in [-0.39, 0.29) is 12.0 Å². The van der Waals surface area contributed by atoms with Crippen molar-refractivity contribution in [1.82, 2.24) is 0 Å². The molecule has 0 spiro atoms. The summed E-state index contributed by atoms with van der Waals surface area (Å²) in [5.41, 5.74) is 2.96. The highest BCUT2D eigenvalue weighted by Crippen LogP contribution is 2.36. The van der Waals surface area contributed by atoms with Gasteiger partial charge in [0.15, 0.2) is 0 Å². The minimum Gasteiger partial charge on any atom is -0.396 e. The molecule has 1 N–H and O–H groups in total. The van der Waals surface area contributed by atoms with Gasteiger partial charge in [0.05, 0.1) is 13.2 Å². The fourth-order valence-corrected chi connectivity index (χ4v) is 2.53. The fourth-order valence-electron chi connectivity index (χ4n) is 2.53. The lowest BCUT2D eigenvalue weighted by Gasteiger charge is -2.42. The van der Waals surface area contributed by atoms with Gasteiger partial charge < -0.3 is 9.84 Å². The Labute approximate surface area is 104 Å². The minimum atomic E-state index is 0.174.